The van der Waals surface area contributed by atoms with Crippen molar-refractivity contribution in [2.24, 2.45) is 5.92 Å². The molecule has 0 saturated carbocycles. The fourth-order valence-electron chi connectivity index (χ4n) is 1.94. The van der Waals surface area contributed by atoms with E-state index in [9.17, 15) is 0 Å². The normalized spacial score (nSPS) is 19.0. The van der Waals surface area contributed by atoms with Crippen LogP contribution < -0.4 is 10.1 Å². The van der Waals surface area contributed by atoms with Crippen LogP contribution >= 0.6 is 0 Å². The van der Waals surface area contributed by atoms with Gasteiger partial charge >= 0.3 is 0 Å². The van der Waals surface area contributed by atoms with E-state index in [1.165, 1.54) is 5.56 Å². The summed E-state index contributed by atoms with van der Waals surface area (Å²) in [5, 5.41) is 3.49. The average molecular weight is 205 g/mol. The second-order valence-electron chi connectivity index (χ2n) is 4.60. The molecule has 2 nitrogen and oxygen atoms in total. The molecule has 0 fully saturated rings. The second kappa shape index (κ2) is 4.67. The third-order valence-corrected chi connectivity index (χ3v) is 2.74. The maximum Gasteiger partial charge on any atom is 0.122 e. The smallest absolute Gasteiger partial charge is 0.122 e. The van der Waals surface area contributed by atoms with Gasteiger partial charge in [-0.05, 0) is 18.5 Å². The first kappa shape index (κ1) is 10.5. The lowest BCUT2D eigenvalue weighted by atomic mass is 10.0. The molecular weight excluding hydrogens is 186 g/mol. The highest BCUT2D eigenvalue weighted by Crippen LogP contribution is 2.32. The second-order valence-corrected chi connectivity index (χ2v) is 4.60. The van der Waals surface area contributed by atoms with Crippen molar-refractivity contribution in [1.29, 1.82) is 0 Å². The zero-order valence-electron chi connectivity index (χ0n) is 9.49. The molecule has 0 saturated heterocycles. The fraction of sp³-hybridized carbons (Fsp3) is 0.538. The predicted octanol–water partition coefficient (Wildman–Crippen LogP) is 2.41. The van der Waals surface area contributed by atoms with Gasteiger partial charge in [-0.2, -0.15) is 0 Å². The van der Waals surface area contributed by atoms with E-state index in [-0.39, 0.29) is 0 Å². The molecule has 1 aliphatic heterocycles. The van der Waals surface area contributed by atoms with Gasteiger partial charge in [0.25, 0.3) is 0 Å². The molecule has 0 aromatic heterocycles. The largest absolute Gasteiger partial charge is 0.493 e. The predicted molar refractivity (Wildman–Crippen MR) is 62.4 cm³/mol. The van der Waals surface area contributed by atoms with Crippen LogP contribution in [0.5, 0.6) is 5.75 Å². The molecule has 1 unspecified atom stereocenters. The van der Waals surface area contributed by atoms with Gasteiger partial charge in [0.1, 0.15) is 5.75 Å². The van der Waals surface area contributed by atoms with E-state index in [0.29, 0.717) is 11.8 Å². The van der Waals surface area contributed by atoms with Crippen LogP contribution in [0.15, 0.2) is 24.3 Å². The summed E-state index contributed by atoms with van der Waals surface area (Å²) in [5.74, 6) is 2.30. The highest BCUT2D eigenvalue weighted by atomic mass is 16.5. The lowest BCUT2D eigenvalue weighted by Crippen LogP contribution is -2.26. The number of benzene rings is 1. The zero-order valence-corrected chi connectivity index (χ0v) is 9.49. The Morgan fingerprint density at radius 2 is 2.20 bits per heavy atom. The van der Waals surface area contributed by atoms with Gasteiger partial charge in [-0.1, -0.05) is 32.0 Å². The molecule has 0 aliphatic carbocycles. The first-order valence-electron chi connectivity index (χ1n) is 5.70. The van der Waals surface area contributed by atoms with Crippen LogP contribution in [-0.4, -0.2) is 19.7 Å². The molecule has 1 heterocycles. The highest BCUT2D eigenvalue weighted by molar-refractivity contribution is 5.39. The minimum Gasteiger partial charge on any atom is -0.493 e. The molecule has 2 heteroatoms. The minimum atomic E-state index is 0.528. The molecule has 1 aliphatic rings. The zero-order chi connectivity index (χ0) is 10.7. The standard InChI is InChI=1S/C13H19NO/c1-10(2)7-14-8-11-9-15-13-6-4-3-5-12(11)13/h3-6,10-11,14H,7-9H2,1-2H3. The maximum atomic E-state index is 5.63. The molecule has 1 N–H and O–H groups in total. The van der Waals surface area contributed by atoms with Crippen molar-refractivity contribution in [3.63, 3.8) is 0 Å². The van der Waals surface area contributed by atoms with Crippen molar-refractivity contribution in [2.45, 2.75) is 19.8 Å². The summed E-state index contributed by atoms with van der Waals surface area (Å²) in [6.45, 7) is 7.39. The van der Waals surface area contributed by atoms with E-state index in [0.717, 1.165) is 25.4 Å². The fourth-order valence-corrected chi connectivity index (χ4v) is 1.94. The molecule has 1 aromatic rings. The lowest BCUT2D eigenvalue weighted by molar-refractivity contribution is 0.325. The van der Waals surface area contributed by atoms with Crippen LogP contribution in [0.25, 0.3) is 0 Å². The summed E-state index contributed by atoms with van der Waals surface area (Å²) >= 11 is 0. The molecule has 0 spiro atoms. The molecule has 0 amide bonds. The van der Waals surface area contributed by atoms with Gasteiger partial charge in [-0.3, -0.25) is 0 Å². The summed E-state index contributed by atoms with van der Waals surface area (Å²) in [7, 11) is 0. The Hall–Kier alpha value is -1.02. The molecule has 15 heavy (non-hydrogen) atoms. The Morgan fingerprint density at radius 1 is 1.40 bits per heavy atom. The summed E-state index contributed by atoms with van der Waals surface area (Å²) in [6, 6.07) is 8.34. The summed E-state index contributed by atoms with van der Waals surface area (Å²) in [4.78, 5) is 0. The van der Waals surface area contributed by atoms with Crippen LogP contribution in [0, 0.1) is 5.92 Å². The van der Waals surface area contributed by atoms with E-state index in [1.807, 2.05) is 6.07 Å². The topological polar surface area (TPSA) is 21.3 Å². The summed E-state index contributed by atoms with van der Waals surface area (Å²) in [6.07, 6.45) is 0. The van der Waals surface area contributed by atoms with Crippen LogP contribution in [0.2, 0.25) is 0 Å². The van der Waals surface area contributed by atoms with Crippen LogP contribution in [0.1, 0.15) is 25.3 Å². The van der Waals surface area contributed by atoms with E-state index in [4.69, 9.17) is 4.74 Å². The number of hydrogen-bond acceptors (Lipinski definition) is 2. The van der Waals surface area contributed by atoms with E-state index < -0.39 is 0 Å². The quantitative estimate of drug-likeness (QED) is 0.815. The number of ether oxygens (including phenoxy) is 1. The first-order chi connectivity index (χ1) is 7.27. The van der Waals surface area contributed by atoms with Crippen molar-refractivity contribution < 1.29 is 4.74 Å². The van der Waals surface area contributed by atoms with Crippen molar-refractivity contribution in [2.75, 3.05) is 19.7 Å². The number of hydrogen-bond donors (Lipinski definition) is 1. The van der Waals surface area contributed by atoms with Gasteiger partial charge in [0, 0.05) is 18.0 Å². The maximum absolute atomic E-state index is 5.63. The molecule has 82 valence electrons. The van der Waals surface area contributed by atoms with Crippen LogP contribution in [0.3, 0.4) is 0 Å². The van der Waals surface area contributed by atoms with Gasteiger partial charge in [0.15, 0.2) is 0 Å². The number of para-hydroxylation sites is 1. The van der Waals surface area contributed by atoms with Crippen molar-refractivity contribution in [3.05, 3.63) is 29.8 Å². The Balaban J connectivity index is 1.90. The molecule has 1 aromatic carbocycles. The van der Waals surface area contributed by atoms with E-state index in [1.54, 1.807) is 0 Å². The Morgan fingerprint density at radius 3 is 3.00 bits per heavy atom. The molecule has 1 atom stereocenters. The molecule has 0 bridgehead atoms. The average Bonchev–Trinajstić information content (AvgIpc) is 2.62. The third kappa shape index (κ3) is 2.51. The number of nitrogens with one attached hydrogen (secondary N) is 1. The molecular formula is C13H19NO. The van der Waals surface area contributed by atoms with Crippen LogP contribution in [0.4, 0.5) is 0 Å². The lowest BCUT2D eigenvalue weighted by Gasteiger charge is -2.11. The van der Waals surface area contributed by atoms with E-state index in [2.05, 4.69) is 37.4 Å². The summed E-state index contributed by atoms with van der Waals surface area (Å²) in [5.41, 5.74) is 1.36. The van der Waals surface area contributed by atoms with Gasteiger partial charge in [-0.25, -0.2) is 0 Å². The van der Waals surface area contributed by atoms with Crippen LogP contribution in [-0.2, 0) is 0 Å². The number of rotatable bonds is 4. The first-order valence-corrected chi connectivity index (χ1v) is 5.70. The van der Waals surface area contributed by atoms with Crippen molar-refractivity contribution in [3.8, 4) is 5.75 Å². The highest BCUT2D eigenvalue weighted by Gasteiger charge is 2.22. The monoisotopic (exact) mass is 205 g/mol. The van der Waals surface area contributed by atoms with Gasteiger partial charge < -0.3 is 10.1 Å². The van der Waals surface area contributed by atoms with Crippen molar-refractivity contribution in [1.82, 2.24) is 5.32 Å². The number of fused-ring (bicyclic) bond motifs is 1. The minimum absolute atomic E-state index is 0.528. The van der Waals surface area contributed by atoms with Gasteiger partial charge in [-0.15, -0.1) is 0 Å². The van der Waals surface area contributed by atoms with Crippen molar-refractivity contribution >= 4 is 0 Å². The van der Waals surface area contributed by atoms with E-state index >= 15 is 0 Å². The Labute approximate surface area is 91.6 Å². The van der Waals surface area contributed by atoms with Gasteiger partial charge in [0.2, 0.25) is 0 Å². The Kier molecular flexibility index (Phi) is 3.27. The molecule has 2 rings (SSSR count). The third-order valence-electron chi connectivity index (χ3n) is 2.74. The Bertz CT molecular complexity index is 322. The molecule has 0 radical (unpaired) electrons. The van der Waals surface area contributed by atoms with Gasteiger partial charge in [0.05, 0.1) is 6.61 Å². The summed E-state index contributed by atoms with van der Waals surface area (Å²) < 4.78 is 5.63. The SMILES string of the molecule is CC(C)CNCC1COc2ccccc21.